The highest BCUT2D eigenvalue weighted by atomic mass is 16.6. The molecule has 2 aromatic rings. The van der Waals surface area contributed by atoms with Crippen molar-refractivity contribution >= 4 is 17.3 Å². The number of nitro groups is 1. The molecule has 0 atom stereocenters. The minimum absolute atomic E-state index is 0.0475. The van der Waals surface area contributed by atoms with Crippen molar-refractivity contribution in [2.24, 2.45) is 0 Å². The normalized spacial score (nSPS) is 13.9. The molecule has 1 amide bonds. The molecule has 3 rings (SSSR count). The molecule has 2 aromatic carbocycles. The maximum Gasteiger partial charge on any atom is 0.269 e. The van der Waals surface area contributed by atoms with Gasteiger partial charge in [-0.2, -0.15) is 0 Å². The smallest absolute Gasteiger partial charge is 0.269 e. The van der Waals surface area contributed by atoms with Gasteiger partial charge in [-0.25, -0.2) is 0 Å². The van der Waals surface area contributed by atoms with Crippen LogP contribution in [0.3, 0.4) is 0 Å². The zero-order valence-electron chi connectivity index (χ0n) is 16.7. The number of non-ortho nitro benzene ring substituents is 1. The summed E-state index contributed by atoms with van der Waals surface area (Å²) in [6.07, 6.45) is 0.892. The second-order valence-corrected chi connectivity index (χ2v) is 6.77. The number of nitrogens with zero attached hydrogens (tertiary/aromatic N) is 3. The van der Waals surface area contributed by atoms with Crippen LogP contribution in [0, 0.1) is 10.1 Å². The average Bonchev–Trinajstić information content (AvgIpc) is 2.77. The van der Waals surface area contributed by atoms with E-state index in [9.17, 15) is 14.9 Å². The Kier molecular flexibility index (Phi) is 6.54. The second-order valence-electron chi connectivity index (χ2n) is 6.77. The van der Waals surface area contributed by atoms with Gasteiger partial charge in [0, 0.05) is 49.6 Å². The van der Waals surface area contributed by atoms with Crippen molar-refractivity contribution in [2.75, 3.05) is 44.8 Å². The minimum Gasteiger partial charge on any atom is -0.493 e. The molecule has 0 spiro atoms. The predicted molar refractivity (Wildman–Crippen MR) is 110 cm³/mol. The van der Waals surface area contributed by atoms with Gasteiger partial charge in [0.2, 0.25) is 0 Å². The Bertz CT molecular complexity index is 861. The van der Waals surface area contributed by atoms with E-state index < -0.39 is 4.92 Å². The van der Waals surface area contributed by atoms with Gasteiger partial charge in [0.15, 0.2) is 11.5 Å². The Morgan fingerprint density at radius 1 is 1.07 bits per heavy atom. The molecule has 0 saturated carbocycles. The summed E-state index contributed by atoms with van der Waals surface area (Å²) in [7, 11) is 1.56. The van der Waals surface area contributed by atoms with E-state index in [0.29, 0.717) is 49.8 Å². The number of carbonyl (C=O) groups excluding carboxylic acids is 1. The highest BCUT2D eigenvalue weighted by Crippen LogP contribution is 2.29. The molecule has 29 heavy (non-hydrogen) atoms. The Morgan fingerprint density at radius 3 is 2.34 bits per heavy atom. The Balaban J connectivity index is 1.63. The van der Waals surface area contributed by atoms with Crippen LogP contribution in [0.4, 0.5) is 11.4 Å². The third-order valence-electron chi connectivity index (χ3n) is 4.86. The van der Waals surface area contributed by atoms with Crippen molar-refractivity contribution in [3.8, 4) is 11.5 Å². The summed E-state index contributed by atoms with van der Waals surface area (Å²) in [6.45, 7) is 5.10. The number of benzene rings is 2. The summed E-state index contributed by atoms with van der Waals surface area (Å²) in [5, 5.41) is 10.8. The van der Waals surface area contributed by atoms with Crippen molar-refractivity contribution in [3.63, 3.8) is 0 Å². The molecule has 1 heterocycles. The van der Waals surface area contributed by atoms with E-state index in [4.69, 9.17) is 9.47 Å². The van der Waals surface area contributed by atoms with E-state index in [-0.39, 0.29) is 11.6 Å². The van der Waals surface area contributed by atoms with Crippen molar-refractivity contribution < 1.29 is 19.2 Å². The second kappa shape index (κ2) is 9.27. The van der Waals surface area contributed by atoms with Crippen LogP contribution in [-0.4, -0.2) is 55.6 Å². The van der Waals surface area contributed by atoms with Crippen LogP contribution < -0.4 is 14.4 Å². The first kappa shape index (κ1) is 20.4. The van der Waals surface area contributed by atoms with Crippen LogP contribution in [0.2, 0.25) is 0 Å². The summed E-state index contributed by atoms with van der Waals surface area (Å²) in [5.41, 5.74) is 1.55. The average molecular weight is 399 g/mol. The maximum atomic E-state index is 12.9. The summed E-state index contributed by atoms with van der Waals surface area (Å²) in [6, 6.07) is 11.7. The molecule has 0 radical (unpaired) electrons. The number of rotatable bonds is 7. The molecule has 1 fully saturated rings. The number of amides is 1. The van der Waals surface area contributed by atoms with Crippen molar-refractivity contribution in [1.29, 1.82) is 0 Å². The lowest BCUT2D eigenvalue weighted by molar-refractivity contribution is -0.384. The summed E-state index contributed by atoms with van der Waals surface area (Å²) >= 11 is 0. The van der Waals surface area contributed by atoms with Gasteiger partial charge in [-0.1, -0.05) is 6.92 Å². The molecule has 0 bridgehead atoms. The standard InChI is InChI=1S/C21H25N3O5/c1-3-14-29-19-9-4-16(15-20(19)28-2)21(25)23-12-10-22(11-13-23)17-5-7-18(8-6-17)24(26)27/h4-9,15H,3,10-14H2,1-2H3. The molecule has 1 saturated heterocycles. The van der Waals surface area contributed by atoms with Crippen LogP contribution >= 0.6 is 0 Å². The van der Waals surface area contributed by atoms with Crippen molar-refractivity contribution in [2.45, 2.75) is 13.3 Å². The molecule has 8 nitrogen and oxygen atoms in total. The van der Waals surface area contributed by atoms with Gasteiger partial charge in [-0.3, -0.25) is 14.9 Å². The summed E-state index contributed by atoms with van der Waals surface area (Å²) in [5.74, 6) is 1.14. The van der Waals surface area contributed by atoms with E-state index in [1.54, 1.807) is 37.4 Å². The van der Waals surface area contributed by atoms with Gasteiger partial charge in [0.05, 0.1) is 18.6 Å². The van der Waals surface area contributed by atoms with Gasteiger partial charge >= 0.3 is 0 Å². The molecule has 0 aliphatic carbocycles. The lowest BCUT2D eigenvalue weighted by Gasteiger charge is -2.36. The SMILES string of the molecule is CCCOc1ccc(C(=O)N2CCN(c3ccc([N+](=O)[O-])cc3)CC2)cc1OC. The van der Waals surface area contributed by atoms with E-state index >= 15 is 0 Å². The van der Waals surface area contributed by atoms with Gasteiger partial charge in [-0.15, -0.1) is 0 Å². The van der Waals surface area contributed by atoms with Gasteiger partial charge < -0.3 is 19.3 Å². The molecule has 1 aliphatic heterocycles. The van der Waals surface area contributed by atoms with E-state index in [0.717, 1.165) is 12.1 Å². The van der Waals surface area contributed by atoms with E-state index in [2.05, 4.69) is 4.90 Å². The fraction of sp³-hybridized carbons (Fsp3) is 0.381. The number of methoxy groups -OCH3 is 1. The molecular weight excluding hydrogens is 374 g/mol. The summed E-state index contributed by atoms with van der Waals surface area (Å²) < 4.78 is 11.0. The van der Waals surface area contributed by atoms with E-state index in [1.165, 1.54) is 12.1 Å². The van der Waals surface area contributed by atoms with Crippen LogP contribution in [0.1, 0.15) is 23.7 Å². The molecule has 1 aliphatic rings. The maximum absolute atomic E-state index is 12.9. The van der Waals surface area contributed by atoms with Crippen LogP contribution in [0.15, 0.2) is 42.5 Å². The van der Waals surface area contributed by atoms with Crippen molar-refractivity contribution in [3.05, 3.63) is 58.1 Å². The Hall–Kier alpha value is -3.29. The van der Waals surface area contributed by atoms with Gasteiger partial charge in [0.1, 0.15) is 0 Å². The number of anilines is 1. The highest BCUT2D eigenvalue weighted by Gasteiger charge is 2.23. The van der Waals surface area contributed by atoms with Gasteiger partial charge in [0.25, 0.3) is 11.6 Å². The number of ether oxygens (including phenoxy) is 2. The molecule has 0 N–H and O–H groups in total. The monoisotopic (exact) mass is 399 g/mol. The first-order valence-electron chi connectivity index (χ1n) is 9.63. The summed E-state index contributed by atoms with van der Waals surface area (Å²) in [4.78, 5) is 27.2. The Morgan fingerprint density at radius 2 is 1.76 bits per heavy atom. The number of piperazine rings is 1. The fourth-order valence-electron chi connectivity index (χ4n) is 3.27. The van der Waals surface area contributed by atoms with Crippen LogP contribution in [-0.2, 0) is 0 Å². The molecular formula is C21H25N3O5. The topological polar surface area (TPSA) is 85.2 Å². The largest absolute Gasteiger partial charge is 0.493 e. The third-order valence-corrected chi connectivity index (χ3v) is 4.86. The highest BCUT2D eigenvalue weighted by molar-refractivity contribution is 5.95. The molecule has 0 aromatic heterocycles. The number of hydrogen-bond acceptors (Lipinski definition) is 6. The predicted octanol–water partition coefficient (Wildman–Crippen LogP) is 3.35. The molecule has 154 valence electrons. The minimum atomic E-state index is -0.409. The first-order valence-corrected chi connectivity index (χ1v) is 9.63. The van der Waals surface area contributed by atoms with Crippen LogP contribution in [0.25, 0.3) is 0 Å². The number of nitro benzene ring substituents is 1. The lowest BCUT2D eigenvalue weighted by Crippen LogP contribution is -2.48. The lowest BCUT2D eigenvalue weighted by atomic mass is 10.1. The first-order chi connectivity index (χ1) is 14.0. The zero-order valence-corrected chi connectivity index (χ0v) is 16.7. The number of carbonyl (C=O) groups is 1. The number of hydrogen-bond donors (Lipinski definition) is 0. The van der Waals surface area contributed by atoms with Gasteiger partial charge in [-0.05, 0) is 36.8 Å². The van der Waals surface area contributed by atoms with E-state index in [1.807, 2.05) is 11.8 Å². The van der Waals surface area contributed by atoms with Crippen molar-refractivity contribution in [1.82, 2.24) is 4.90 Å². The molecule has 0 unspecified atom stereocenters. The fourth-order valence-corrected chi connectivity index (χ4v) is 3.27. The quantitative estimate of drug-likeness (QED) is 0.524. The molecule has 8 heteroatoms. The zero-order chi connectivity index (χ0) is 20.8. The third kappa shape index (κ3) is 4.77. The Labute approximate surface area is 169 Å². The van der Waals surface area contributed by atoms with Crippen LogP contribution in [0.5, 0.6) is 11.5 Å².